The molecule has 0 fully saturated rings. The summed E-state index contributed by atoms with van der Waals surface area (Å²) < 4.78 is 7.74. The van der Waals surface area contributed by atoms with E-state index in [2.05, 4.69) is 57.6 Å². The van der Waals surface area contributed by atoms with Crippen LogP contribution in [0.1, 0.15) is 16.3 Å². The summed E-state index contributed by atoms with van der Waals surface area (Å²) in [6.07, 6.45) is 1.04. The molecular weight excluding hydrogens is 426 g/mol. The van der Waals surface area contributed by atoms with Gasteiger partial charge in [-0.15, -0.1) is 27.8 Å². The first-order valence-corrected chi connectivity index (χ1v) is 11.7. The van der Waals surface area contributed by atoms with E-state index < -0.39 is 0 Å². The number of aryl methyl sites for hydroxylation is 2. The van der Waals surface area contributed by atoms with E-state index in [-0.39, 0.29) is 6.01 Å². The van der Waals surface area contributed by atoms with E-state index in [0.717, 1.165) is 34.8 Å². The summed E-state index contributed by atoms with van der Waals surface area (Å²) in [6.45, 7) is 5.32. The minimum absolute atomic E-state index is 0.0615. The highest BCUT2D eigenvalue weighted by atomic mass is 32.1. The molecule has 0 amide bonds. The molecule has 0 saturated heterocycles. The lowest BCUT2D eigenvalue weighted by Gasteiger charge is -2.08. The topological polar surface area (TPSA) is 82.8 Å². The molecule has 0 bridgehead atoms. The largest absolute Gasteiger partial charge is 0.404 e. The minimum Gasteiger partial charge on any atom is -0.404 e. The molecule has 0 aliphatic carbocycles. The lowest BCUT2D eigenvalue weighted by atomic mass is 10.1. The van der Waals surface area contributed by atoms with Crippen molar-refractivity contribution >= 4 is 28.7 Å². The van der Waals surface area contributed by atoms with Gasteiger partial charge in [-0.3, -0.25) is 0 Å². The lowest BCUT2D eigenvalue weighted by Crippen LogP contribution is -2.04. The van der Waals surface area contributed by atoms with Gasteiger partial charge >= 0.3 is 6.01 Å². The van der Waals surface area contributed by atoms with Gasteiger partial charge in [0.25, 0.3) is 0 Å². The average molecular weight is 448 g/mol. The second-order valence-electron chi connectivity index (χ2n) is 7.33. The van der Waals surface area contributed by atoms with Gasteiger partial charge in [-0.05, 0) is 49.9 Å². The lowest BCUT2D eigenvalue weighted by molar-refractivity contribution is 0.590. The summed E-state index contributed by atoms with van der Waals surface area (Å²) in [5, 5.41) is 12.9. The van der Waals surface area contributed by atoms with E-state index in [4.69, 9.17) is 15.1 Å². The highest BCUT2D eigenvalue weighted by Crippen LogP contribution is 2.33. The molecule has 0 spiro atoms. The fourth-order valence-electron chi connectivity index (χ4n) is 3.75. The van der Waals surface area contributed by atoms with Gasteiger partial charge in [-0.1, -0.05) is 23.3 Å². The SMILES string of the molecule is Cc1cc(-c2csc(-c3cccc(-c4nnc(N)o4)c3)n2)c(C)n1CCc1cccs1. The van der Waals surface area contributed by atoms with E-state index >= 15 is 0 Å². The number of hydrogen-bond donors (Lipinski definition) is 1. The Kier molecular flexibility index (Phi) is 5.17. The zero-order chi connectivity index (χ0) is 21.4. The van der Waals surface area contributed by atoms with Crippen LogP contribution in [0.5, 0.6) is 0 Å². The van der Waals surface area contributed by atoms with Crippen LogP contribution in [-0.2, 0) is 13.0 Å². The van der Waals surface area contributed by atoms with Crippen LogP contribution in [0, 0.1) is 13.8 Å². The Labute approximate surface area is 188 Å². The number of nitrogens with zero attached hydrogens (tertiary/aromatic N) is 4. The van der Waals surface area contributed by atoms with Crippen molar-refractivity contribution in [2.45, 2.75) is 26.8 Å². The number of benzene rings is 1. The van der Waals surface area contributed by atoms with Crippen LogP contribution >= 0.6 is 22.7 Å². The van der Waals surface area contributed by atoms with Crippen molar-refractivity contribution in [3.63, 3.8) is 0 Å². The first-order chi connectivity index (χ1) is 15.1. The Hall–Kier alpha value is -3.23. The minimum atomic E-state index is 0.0615. The molecule has 31 heavy (non-hydrogen) atoms. The van der Waals surface area contributed by atoms with Crippen molar-refractivity contribution < 1.29 is 4.42 Å². The van der Waals surface area contributed by atoms with Crippen LogP contribution in [0.4, 0.5) is 6.01 Å². The normalized spacial score (nSPS) is 11.3. The third-order valence-corrected chi connectivity index (χ3v) is 7.14. The maximum absolute atomic E-state index is 5.56. The predicted octanol–water partition coefficient (Wildman–Crippen LogP) is 5.83. The maximum Gasteiger partial charge on any atom is 0.313 e. The molecule has 2 N–H and O–H groups in total. The number of nitrogen functional groups attached to an aromatic ring is 1. The number of aromatic nitrogens is 4. The van der Waals surface area contributed by atoms with E-state index in [1.54, 1.807) is 11.3 Å². The monoisotopic (exact) mass is 447 g/mol. The molecule has 1 aromatic carbocycles. The molecule has 5 rings (SSSR count). The van der Waals surface area contributed by atoms with Gasteiger partial charge in [0.15, 0.2) is 0 Å². The smallest absolute Gasteiger partial charge is 0.313 e. The molecule has 4 aromatic heterocycles. The zero-order valence-corrected chi connectivity index (χ0v) is 18.8. The van der Waals surface area contributed by atoms with Crippen molar-refractivity contribution in [2.24, 2.45) is 0 Å². The zero-order valence-electron chi connectivity index (χ0n) is 17.2. The number of anilines is 1. The summed E-state index contributed by atoms with van der Waals surface area (Å²) in [5.74, 6) is 0.408. The molecule has 0 saturated carbocycles. The fraction of sp³-hybridized carbons (Fsp3) is 0.174. The molecule has 0 aliphatic rings. The summed E-state index contributed by atoms with van der Waals surface area (Å²) in [7, 11) is 0. The number of nitrogens with two attached hydrogens (primary N) is 1. The fourth-order valence-corrected chi connectivity index (χ4v) is 5.26. The Balaban J connectivity index is 1.42. The second kappa shape index (κ2) is 8.13. The first-order valence-electron chi connectivity index (χ1n) is 9.93. The predicted molar refractivity (Wildman–Crippen MR) is 126 cm³/mol. The van der Waals surface area contributed by atoms with Gasteiger partial charge in [0, 0.05) is 44.9 Å². The van der Waals surface area contributed by atoms with Gasteiger partial charge in [-0.25, -0.2) is 4.98 Å². The average Bonchev–Trinajstić information content (AvgIpc) is 3.56. The van der Waals surface area contributed by atoms with Crippen molar-refractivity contribution in [1.29, 1.82) is 0 Å². The third-order valence-electron chi connectivity index (χ3n) is 5.31. The van der Waals surface area contributed by atoms with Crippen LogP contribution in [0.25, 0.3) is 33.3 Å². The van der Waals surface area contributed by atoms with E-state index in [0.29, 0.717) is 5.89 Å². The quantitative estimate of drug-likeness (QED) is 0.354. The van der Waals surface area contributed by atoms with Crippen molar-refractivity contribution in [3.05, 3.63) is 69.5 Å². The summed E-state index contributed by atoms with van der Waals surface area (Å²) >= 11 is 3.44. The Morgan fingerprint density at radius 1 is 1.03 bits per heavy atom. The van der Waals surface area contributed by atoms with Gasteiger partial charge in [-0.2, -0.15) is 0 Å². The number of thiophene rings is 1. The second-order valence-corrected chi connectivity index (χ2v) is 9.22. The highest BCUT2D eigenvalue weighted by Gasteiger charge is 2.15. The van der Waals surface area contributed by atoms with Crippen LogP contribution < -0.4 is 5.73 Å². The molecule has 0 aliphatic heterocycles. The third kappa shape index (κ3) is 3.92. The van der Waals surface area contributed by atoms with E-state index in [1.807, 2.05) is 35.6 Å². The molecule has 4 heterocycles. The molecular formula is C23H21N5OS2. The summed E-state index contributed by atoms with van der Waals surface area (Å²) in [4.78, 5) is 6.34. The number of thiazole rings is 1. The standard InChI is InChI=1S/C23H21N5OS2/c1-14-11-19(15(2)28(14)9-8-18-7-4-10-30-18)20-13-31-22(25-20)17-6-3-5-16(12-17)21-26-27-23(24)29-21/h3-7,10-13H,8-9H2,1-2H3,(H2,24,27). The van der Waals surface area contributed by atoms with Gasteiger partial charge in [0.1, 0.15) is 5.01 Å². The first kappa shape index (κ1) is 19.7. The van der Waals surface area contributed by atoms with Crippen molar-refractivity contribution in [1.82, 2.24) is 19.7 Å². The molecule has 0 unspecified atom stereocenters. The molecule has 0 atom stereocenters. The Morgan fingerprint density at radius 2 is 1.90 bits per heavy atom. The van der Waals surface area contributed by atoms with Crippen molar-refractivity contribution in [3.8, 4) is 33.3 Å². The molecule has 156 valence electrons. The number of rotatable bonds is 6. The van der Waals surface area contributed by atoms with E-state index in [9.17, 15) is 0 Å². The maximum atomic E-state index is 5.56. The molecule has 5 aromatic rings. The Bertz CT molecular complexity index is 1330. The van der Waals surface area contributed by atoms with Crippen LogP contribution in [0.15, 0.2) is 57.6 Å². The van der Waals surface area contributed by atoms with Crippen LogP contribution in [0.2, 0.25) is 0 Å². The number of hydrogen-bond acceptors (Lipinski definition) is 7. The summed E-state index contributed by atoms with van der Waals surface area (Å²) in [5.41, 5.74) is 12.1. The van der Waals surface area contributed by atoms with Crippen molar-refractivity contribution in [2.75, 3.05) is 5.73 Å². The van der Waals surface area contributed by atoms with Crippen LogP contribution in [0.3, 0.4) is 0 Å². The van der Waals surface area contributed by atoms with Gasteiger partial charge in [0.2, 0.25) is 5.89 Å². The van der Waals surface area contributed by atoms with Crippen LogP contribution in [-0.4, -0.2) is 19.7 Å². The highest BCUT2D eigenvalue weighted by molar-refractivity contribution is 7.13. The molecule has 0 radical (unpaired) electrons. The molecule has 6 nitrogen and oxygen atoms in total. The Morgan fingerprint density at radius 3 is 2.68 bits per heavy atom. The van der Waals surface area contributed by atoms with E-state index in [1.165, 1.54) is 21.8 Å². The van der Waals surface area contributed by atoms with Gasteiger partial charge in [0.05, 0.1) is 5.69 Å². The molecule has 8 heteroatoms. The van der Waals surface area contributed by atoms with Gasteiger partial charge < -0.3 is 14.7 Å². The summed E-state index contributed by atoms with van der Waals surface area (Å²) in [6, 6.07) is 14.5.